The Morgan fingerprint density at radius 1 is 1.12 bits per heavy atom. The Morgan fingerprint density at radius 3 is 2.72 bits per heavy atom. The molecule has 0 saturated heterocycles. The minimum atomic E-state index is -1.41. The lowest BCUT2D eigenvalue weighted by molar-refractivity contribution is -0.144. The molecule has 2 unspecified atom stereocenters. The average molecular weight is 442 g/mol. The molecule has 2 heterocycles. The number of nitrogens with zero attached hydrogens (tertiary/aromatic N) is 1. The summed E-state index contributed by atoms with van der Waals surface area (Å²) in [5.74, 6) is -0.894. The number of benzene rings is 1. The standard InChI is InChI=1S/C24H31N3O5/c28-21(17-7-2-1-3-8-17)23(29)27-20(24(30)31)13-16-32-15-5-4-10-19-12-11-18-9-6-14-25-22(18)26-19/h1-3,7-8,11-12,20-21,28H,4-6,9-10,13-16H2,(H,25,26)(H,27,29)(H,30,31). The van der Waals surface area contributed by atoms with Crippen LogP contribution in [0.15, 0.2) is 42.5 Å². The third-order valence-electron chi connectivity index (χ3n) is 5.45. The van der Waals surface area contributed by atoms with Gasteiger partial charge in [-0.25, -0.2) is 9.78 Å². The predicted molar refractivity (Wildman–Crippen MR) is 120 cm³/mol. The van der Waals surface area contributed by atoms with Gasteiger partial charge >= 0.3 is 5.97 Å². The van der Waals surface area contributed by atoms with Crippen molar-refractivity contribution in [3.05, 3.63) is 59.3 Å². The molecule has 4 N–H and O–H groups in total. The summed E-state index contributed by atoms with van der Waals surface area (Å²) in [5.41, 5.74) is 2.75. The van der Waals surface area contributed by atoms with Crippen molar-refractivity contribution >= 4 is 17.7 Å². The van der Waals surface area contributed by atoms with Crippen molar-refractivity contribution in [1.82, 2.24) is 10.3 Å². The van der Waals surface area contributed by atoms with E-state index in [1.807, 2.05) is 0 Å². The number of aromatic nitrogens is 1. The lowest BCUT2D eigenvalue weighted by atomic mass is 10.1. The number of carboxylic acid groups (broad SMARTS) is 1. The molecular formula is C24H31N3O5. The van der Waals surface area contributed by atoms with E-state index in [1.165, 1.54) is 5.56 Å². The number of pyridine rings is 1. The maximum absolute atomic E-state index is 12.2. The molecule has 2 atom stereocenters. The van der Waals surface area contributed by atoms with Crippen LogP contribution in [0.2, 0.25) is 0 Å². The Labute approximate surface area is 188 Å². The summed E-state index contributed by atoms with van der Waals surface area (Å²) < 4.78 is 5.56. The molecular weight excluding hydrogens is 410 g/mol. The minimum absolute atomic E-state index is 0.126. The van der Waals surface area contributed by atoms with Crippen LogP contribution < -0.4 is 10.6 Å². The van der Waals surface area contributed by atoms with E-state index >= 15 is 0 Å². The number of unbranched alkanes of at least 4 members (excludes halogenated alkanes) is 1. The fourth-order valence-corrected chi connectivity index (χ4v) is 3.62. The normalized spacial score (nSPS) is 14.7. The van der Waals surface area contributed by atoms with Crippen LogP contribution in [0.5, 0.6) is 0 Å². The molecule has 0 radical (unpaired) electrons. The smallest absolute Gasteiger partial charge is 0.326 e. The lowest BCUT2D eigenvalue weighted by Crippen LogP contribution is -2.43. The van der Waals surface area contributed by atoms with Gasteiger partial charge in [-0.1, -0.05) is 36.4 Å². The second kappa shape index (κ2) is 12.2. The number of carboxylic acids is 1. The number of aryl methyl sites for hydroxylation is 2. The molecule has 1 aliphatic heterocycles. The van der Waals surface area contributed by atoms with E-state index in [1.54, 1.807) is 30.3 Å². The van der Waals surface area contributed by atoms with Gasteiger partial charge in [0.05, 0.1) is 0 Å². The van der Waals surface area contributed by atoms with Gasteiger partial charge in [-0.3, -0.25) is 4.79 Å². The van der Waals surface area contributed by atoms with Crippen LogP contribution in [-0.2, 0) is 27.2 Å². The minimum Gasteiger partial charge on any atom is -0.480 e. The van der Waals surface area contributed by atoms with Gasteiger partial charge in [0.2, 0.25) is 0 Å². The van der Waals surface area contributed by atoms with E-state index in [0.29, 0.717) is 12.2 Å². The highest BCUT2D eigenvalue weighted by Gasteiger charge is 2.24. The first kappa shape index (κ1) is 23.7. The monoisotopic (exact) mass is 441 g/mol. The van der Waals surface area contributed by atoms with Crippen molar-refractivity contribution in [1.29, 1.82) is 0 Å². The predicted octanol–water partition coefficient (Wildman–Crippen LogP) is 2.47. The number of aliphatic hydroxyl groups excluding tert-OH is 1. The molecule has 0 fully saturated rings. The number of ether oxygens (including phenoxy) is 1. The quantitative estimate of drug-likeness (QED) is 0.373. The van der Waals surface area contributed by atoms with Gasteiger partial charge in [0.25, 0.3) is 5.91 Å². The highest BCUT2D eigenvalue weighted by atomic mass is 16.5. The Morgan fingerprint density at radius 2 is 1.94 bits per heavy atom. The first-order chi connectivity index (χ1) is 15.5. The summed E-state index contributed by atoms with van der Waals surface area (Å²) in [7, 11) is 0. The molecule has 0 aliphatic carbocycles. The van der Waals surface area contributed by atoms with Gasteiger partial charge in [0, 0.05) is 31.9 Å². The van der Waals surface area contributed by atoms with Gasteiger partial charge in [-0.2, -0.15) is 0 Å². The third kappa shape index (κ3) is 7.03. The summed E-state index contributed by atoms with van der Waals surface area (Å²) >= 11 is 0. The number of aliphatic carboxylic acids is 1. The number of fused-ring (bicyclic) bond motifs is 1. The number of carbonyl (C=O) groups is 2. The first-order valence-electron chi connectivity index (χ1n) is 11.1. The van der Waals surface area contributed by atoms with Crippen molar-refractivity contribution in [2.45, 2.75) is 50.7 Å². The summed E-state index contributed by atoms with van der Waals surface area (Å²) in [6.45, 7) is 1.69. The molecule has 1 aliphatic rings. The van der Waals surface area contributed by atoms with Crippen LogP contribution in [0.4, 0.5) is 5.82 Å². The van der Waals surface area contributed by atoms with Crippen LogP contribution in [0.25, 0.3) is 0 Å². The van der Waals surface area contributed by atoms with Crippen LogP contribution in [0, 0.1) is 0 Å². The highest BCUT2D eigenvalue weighted by molar-refractivity contribution is 5.86. The SMILES string of the molecule is O=C(O)C(CCOCCCCc1ccc2c(n1)NCCC2)NC(=O)C(O)c1ccccc1. The van der Waals surface area contributed by atoms with Gasteiger partial charge in [-0.05, 0) is 49.3 Å². The molecule has 0 saturated carbocycles. The van der Waals surface area contributed by atoms with E-state index in [-0.39, 0.29) is 13.0 Å². The molecule has 32 heavy (non-hydrogen) atoms. The Hall–Kier alpha value is -2.97. The molecule has 8 nitrogen and oxygen atoms in total. The van der Waals surface area contributed by atoms with E-state index in [2.05, 4.69) is 27.8 Å². The number of carbonyl (C=O) groups excluding carboxylic acids is 1. The molecule has 0 bridgehead atoms. The topological polar surface area (TPSA) is 121 Å². The van der Waals surface area contributed by atoms with Crippen molar-refractivity contribution in [3.8, 4) is 0 Å². The molecule has 8 heteroatoms. The van der Waals surface area contributed by atoms with Crippen LogP contribution in [0.1, 0.15) is 48.6 Å². The summed E-state index contributed by atoms with van der Waals surface area (Å²) in [6.07, 6.45) is 3.56. The maximum atomic E-state index is 12.2. The maximum Gasteiger partial charge on any atom is 0.326 e. The number of aliphatic hydroxyl groups is 1. The first-order valence-corrected chi connectivity index (χ1v) is 11.1. The van der Waals surface area contributed by atoms with Crippen molar-refractivity contribution in [2.24, 2.45) is 0 Å². The van der Waals surface area contributed by atoms with Gasteiger partial charge in [0.1, 0.15) is 11.9 Å². The molecule has 1 aromatic heterocycles. The van der Waals surface area contributed by atoms with Crippen LogP contribution >= 0.6 is 0 Å². The Balaban J connectivity index is 1.32. The lowest BCUT2D eigenvalue weighted by Gasteiger charge is -2.18. The highest BCUT2D eigenvalue weighted by Crippen LogP contribution is 2.20. The van der Waals surface area contributed by atoms with E-state index in [0.717, 1.165) is 50.2 Å². The second-order valence-corrected chi connectivity index (χ2v) is 7.91. The van der Waals surface area contributed by atoms with Gasteiger partial charge in [0.15, 0.2) is 6.10 Å². The van der Waals surface area contributed by atoms with E-state index in [9.17, 15) is 19.8 Å². The van der Waals surface area contributed by atoms with E-state index in [4.69, 9.17) is 4.74 Å². The zero-order valence-corrected chi connectivity index (χ0v) is 18.1. The van der Waals surface area contributed by atoms with Crippen molar-refractivity contribution in [3.63, 3.8) is 0 Å². The van der Waals surface area contributed by atoms with Crippen LogP contribution in [-0.4, -0.2) is 52.9 Å². The third-order valence-corrected chi connectivity index (χ3v) is 5.45. The van der Waals surface area contributed by atoms with Gasteiger partial charge in [-0.15, -0.1) is 0 Å². The Kier molecular flexibility index (Phi) is 9.01. The largest absolute Gasteiger partial charge is 0.480 e. The van der Waals surface area contributed by atoms with Crippen molar-refractivity contribution in [2.75, 3.05) is 25.1 Å². The Bertz CT molecular complexity index is 890. The average Bonchev–Trinajstić information content (AvgIpc) is 2.82. The van der Waals surface area contributed by atoms with Crippen LogP contribution in [0.3, 0.4) is 0 Å². The van der Waals surface area contributed by atoms with Gasteiger partial charge < -0.3 is 25.6 Å². The number of anilines is 1. The summed E-state index contributed by atoms with van der Waals surface area (Å²) in [5, 5.41) is 25.2. The second-order valence-electron chi connectivity index (χ2n) is 7.91. The molecule has 1 aromatic carbocycles. The fraction of sp³-hybridized carbons (Fsp3) is 0.458. The molecule has 3 rings (SSSR count). The number of hydrogen-bond acceptors (Lipinski definition) is 6. The number of hydrogen-bond donors (Lipinski definition) is 4. The summed E-state index contributed by atoms with van der Waals surface area (Å²) in [6, 6.07) is 11.5. The van der Waals surface area contributed by atoms with Crippen molar-refractivity contribution < 1.29 is 24.5 Å². The molecule has 172 valence electrons. The fourth-order valence-electron chi connectivity index (χ4n) is 3.62. The zero-order valence-electron chi connectivity index (χ0n) is 18.1. The zero-order chi connectivity index (χ0) is 22.8. The molecule has 2 aromatic rings. The number of rotatable bonds is 12. The number of nitrogens with one attached hydrogen (secondary N) is 2. The van der Waals surface area contributed by atoms with E-state index < -0.39 is 24.0 Å². The number of amides is 1. The summed E-state index contributed by atoms with van der Waals surface area (Å²) in [4.78, 5) is 28.3. The molecule has 0 spiro atoms. The molecule has 1 amide bonds.